The van der Waals surface area contributed by atoms with Crippen molar-refractivity contribution >= 4 is 21.9 Å². The molecular formula is C24H20BrNO6. The molecule has 2 aliphatic rings. The number of benzene rings is 2. The molecule has 3 aromatic rings. The average Bonchev–Trinajstić information content (AvgIpc) is 3.18. The molecule has 7 nitrogen and oxygen atoms in total. The summed E-state index contributed by atoms with van der Waals surface area (Å²) < 4.78 is 12.7. The zero-order valence-corrected chi connectivity index (χ0v) is 18.6. The highest BCUT2D eigenvalue weighted by Gasteiger charge is 2.78. The smallest absolute Gasteiger partial charge is 0.310 e. The Morgan fingerprint density at radius 2 is 1.81 bits per heavy atom. The van der Waals surface area contributed by atoms with Crippen LogP contribution in [0.5, 0.6) is 11.5 Å². The highest BCUT2D eigenvalue weighted by Crippen LogP contribution is 2.69. The van der Waals surface area contributed by atoms with Crippen LogP contribution >= 0.6 is 15.9 Å². The van der Waals surface area contributed by atoms with E-state index in [1.165, 1.54) is 19.5 Å². The van der Waals surface area contributed by atoms with Gasteiger partial charge in [0.15, 0.2) is 11.2 Å². The van der Waals surface area contributed by atoms with Crippen molar-refractivity contribution in [1.29, 1.82) is 0 Å². The number of carboxylic acid groups (broad SMARTS) is 1. The number of methoxy groups -OCH3 is 1. The van der Waals surface area contributed by atoms with Gasteiger partial charge in [-0.15, -0.1) is 0 Å². The molecule has 32 heavy (non-hydrogen) atoms. The van der Waals surface area contributed by atoms with Gasteiger partial charge in [0, 0.05) is 10.4 Å². The summed E-state index contributed by atoms with van der Waals surface area (Å²) in [5.74, 6) is -3.06. The lowest BCUT2D eigenvalue weighted by Gasteiger charge is -2.40. The van der Waals surface area contributed by atoms with Crippen LogP contribution in [0.1, 0.15) is 22.6 Å². The summed E-state index contributed by atoms with van der Waals surface area (Å²) in [4.78, 5) is 16.6. The highest BCUT2D eigenvalue weighted by molar-refractivity contribution is 9.10. The van der Waals surface area contributed by atoms with Gasteiger partial charge in [0.25, 0.3) is 0 Å². The summed E-state index contributed by atoms with van der Waals surface area (Å²) in [5.41, 5.74) is -2.42. The molecule has 0 amide bonds. The summed E-state index contributed by atoms with van der Waals surface area (Å²) in [6, 6.07) is 16.0. The van der Waals surface area contributed by atoms with Gasteiger partial charge in [-0.05, 0) is 23.3 Å². The molecule has 0 radical (unpaired) electrons. The fourth-order valence-corrected chi connectivity index (χ4v) is 5.63. The molecule has 3 unspecified atom stereocenters. The first-order valence-corrected chi connectivity index (χ1v) is 10.8. The zero-order chi connectivity index (χ0) is 22.7. The molecule has 164 valence electrons. The van der Waals surface area contributed by atoms with Gasteiger partial charge < -0.3 is 24.8 Å². The Kier molecular flexibility index (Phi) is 4.77. The number of rotatable bonds is 4. The minimum atomic E-state index is -2.12. The van der Waals surface area contributed by atoms with Crippen molar-refractivity contribution in [1.82, 2.24) is 4.98 Å². The second-order valence-electron chi connectivity index (χ2n) is 8.02. The van der Waals surface area contributed by atoms with Crippen molar-refractivity contribution in [2.45, 2.75) is 23.2 Å². The predicted octanol–water partition coefficient (Wildman–Crippen LogP) is 3.19. The molecule has 1 fully saturated rings. The number of halogens is 1. The van der Waals surface area contributed by atoms with E-state index in [4.69, 9.17) is 9.47 Å². The first kappa shape index (κ1) is 20.9. The number of ether oxygens (including phenoxy) is 2. The highest BCUT2D eigenvalue weighted by atomic mass is 79.9. The third-order valence-corrected chi connectivity index (χ3v) is 7.13. The molecule has 5 atom stereocenters. The standard InChI is InChI=1S/C24H20BrNO6/c1-31-16-11-26-12-17-20(16)23(30)21(27)18(22(28)29)19(13-5-3-2-4-6-13)24(23,32-17)14-7-9-15(25)10-8-14/h2-12,18-19,21,27,30H,1H3,(H,28,29)/t18?,19?,21-,23?,24-/m1/s1. The maximum Gasteiger partial charge on any atom is 0.310 e. The van der Waals surface area contributed by atoms with Gasteiger partial charge in [-0.1, -0.05) is 58.4 Å². The molecule has 1 aromatic heterocycles. The summed E-state index contributed by atoms with van der Waals surface area (Å²) in [5, 5.41) is 34.0. The van der Waals surface area contributed by atoms with Crippen LogP contribution in [0.25, 0.3) is 0 Å². The van der Waals surface area contributed by atoms with E-state index in [1.807, 2.05) is 6.07 Å². The van der Waals surface area contributed by atoms with Crippen molar-refractivity contribution in [3.8, 4) is 11.5 Å². The maximum atomic E-state index is 12.5. The number of hydrogen-bond donors (Lipinski definition) is 3. The summed E-state index contributed by atoms with van der Waals surface area (Å²) >= 11 is 3.42. The normalized spacial score (nSPS) is 30.3. The van der Waals surface area contributed by atoms with Gasteiger partial charge >= 0.3 is 5.97 Å². The second kappa shape index (κ2) is 7.30. The average molecular weight is 498 g/mol. The topological polar surface area (TPSA) is 109 Å². The van der Waals surface area contributed by atoms with Gasteiger partial charge in [0.2, 0.25) is 0 Å². The third-order valence-electron chi connectivity index (χ3n) is 6.60. The van der Waals surface area contributed by atoms with Crippen LogP contribution in [0.15, 0.2) is 71.5 Å². The van der Waals surface area contributed by atoms with Crippen molar-refractivity contribution in [3.63, 3.8) is 0 Å². The fourth-order valence-electron chi connectivity index (χ4n) is 5.37. The van der Waals surface area contributed by atoms with Crippen LogP contribution in [0.3, 0.4) is 0 Å². The van der Waals surface area contributed by atoms with E-state index in [0.717, 1.165) is 4.47 Å². The SMILES string of the molecule is COc1cncc2c1C1(O)[C@H](O)C(C(=O)O)C(c3ccccc3)[C@@]1(c1ccc(Br)cc1)O2. The van der Waals surface area contributed by atoms with Crippen LogP contribution in [0.4, 0.5) is 0 Å². The quantitative estimate of drug-likeness (QED) is 0.507. The van der Waals surface area contributed by atoms with Gasteiger partial charge in [-0.2, -0.15) is 0 Å². The van der Waals surface area contributed by atoms with Crippen LogP contribution in [-0.4, -0.2) is 39.5 Å². The van der Waals surface area contributed by atoms with Gasteiger partial charge in [-0.25, -0.2) is 0 Å². The minimum absolute atomic E-state index is 0.190. The molecule has 1 aliphatic heterocycles. The number of aromatic nitrogens is 1. The number of aliphatic hydroxyl groups is 2. The van der Waals surface area contributed by atoms with Gasteiger partial charge in [0.05, 0.1) is 31.0 Å². The Morgan fingerprint density at radius 3 is 2.44 bits per heavy atom. The summed E-state index contributed by atoms with van der Waals surface area (Å²) in [6.45, 7) is 0. The number of hydrogen-bond acceptors (Lipinski definition) is 6. The maximum absolute atomic E-state index is 12.5. The van der Waals surface area contributed by atoms with Crippen LogP contribution in [0.2, 0.25) is 0 Å². The molecule has 2 heterocycles. The Labute approximate surface area is 192 Å². The lowest BCUT2D eigenvalue weighted by molar-refractivity contribution is -0.159. The summed E-state index contributed by atoms with van der Waals surface area (Å²) in [7, 11) is 1.42. The van der Waals surface area contributed by atoms with Crippen LogP contribution < -0.4 is 9.47 Å². The van der Waals surface area contributed by atoms with Crippen molar-refractivity contribution < 1.29 is 29.6 Å². The van der Waals surface area contributed by atoms with E-state index in [1.54, 1.807) is 48.5 Å². The molecule has 3 N–H and O–H groups in total. The molecule has 5 rings (SSSR count). The number of carboxylic acids is 1. The van der Waals surface area contributed by atoms with Crippen LogP contribution in [-0.2, 0) is 16.0 Å². The second-order valence-corrected chi connectivity index (χ2v) is 8.94. The molecule has 1 saturated carbocycles. The third kappa shape index (κ3) is 2.54. The van der Waals surface area contributed by atoms with Crippen LogP contribution in [0, 0.1) is 5.92 Å². The van der Waals surface area contributed by atoms with E-state index < -0.39 is 35.1 Å². The van der Waals surface area contributed by atoms with E-state index in [2.05, 4.69) is 20.9 Å². The summed E-state index contributed by atoms with van der Waals surface area (Å²) in [6.07, 6.45) is 1.17. The number of fused-ring (bicyclic) bond motifs is 3. The fraction of sp³-hybridized carbons (Fsp3) is 0.250. The molecule has 0 saturated heterocycles. The predicted molar refractivity (Wildman–Crippen MR) is 117 cm³/mol. The molecule has 0 bridgehead atoms. The number of pyridine rings is 1. The number of carbonyl (C=O) groups is 1. The Balaban J connectivity index is 1.89. The molecular weight excluding hydrogens is 478 g/mol. The molecule has 2 aromatic carbocycles. The lowest BCUT2D eigenvalue weighted by Crippen LogP contribution is -2.52. The van der Waals surface area contributed by atoms with Crippen molar-refractivity contribution in [2.75, 3.05) is 7.11 Å². The largest absolute Gasteiger partial charge is 0.495 e. The Morgan fingerprint density at radius 1 is 1.12 bits per heavy atom. The molecule has 8 heteroatoms. The minimum Gasteiger partial charge on any atom is -0.495 e. The van der Waals surface area contributed by atoms with Crippen molar-refractivity contribution in [2.24, 2.45) is 5.92 Å². The number of aliphatic carboxylic acids is 1. The lowest BCUT2D eigenvalue weighted by atomic mass is 9.70. The van der Waals surface area contributed by atoms with E-state index in [0.29, 0.717) is 11.1 Å². The Hall–Kier alpha value is -2.94. The first-order valence-electron chi connectivity index (χ1n) is 10.0. The van der Waals surface area contributed by atoms with E-state index in [-0.39, 0.29) is 17.1 Å². The first-order chi connectivity index (χ1) is 15.4. The number of nitrogens with zero attached hydrogens (tertiary/aromatic N) is 1. The van der Waals surface area contributed by atoms with E-state index >= 15 is 0 Å². The molecule has 1 aliphatic carbocycles. The monoisotopic (exact) mass is 497 g/mol. The Bertz CT molecular complexity index is 1190. The van der Waals surface area contributed by atoms with Gasteiger partial charge in [0.1, 0.15) is 17.6 Å². The van der Waals surface area contributed by atoms with Gasteiger partial charge in [-0.3, -0.25) is 9.78 Å². The van der Waals surface area contributed by atoms with Crippen molar-refractivity contribution in [3.05, 3.63) is 88.2 Å². The molecule has 0 spiro atoms. The number of aliphatic hydroxyl groups excluding tert-OH is 1. The zero-order valence-electron chi connectivity index (χ0n) is 17.0. The van der Waals surface area contributed by atoms with E-state index in [9.17, 15) is 20.1 Å².